The van der Waals surface area contributed by atoms with Crippen LogP contribution < -0.4 is 20.5 Å². The third kappa shape index (κ3) is 2.30. The van der Waals surface area contributed by atoms with Crippen LogP contribution >= 0.6 is 15.9 Å². The summed E-state index contributed by atoms with van der Waals surface area (Å²) in [5.74, 6) is 1.01. The SMILES string of the molecule is Nc1c(Br)cccc1C(=O)Nc1ccc2c(c1)OCO2. The number of carbonyl (C=O) groups is 1. The molecule has 0 radical (unpaired) electrons. The maximum atomic E-state index is 12.2. The van der Waals surface area contributed by atoms with Gasteiger partial charge in [-0.2, -0.15) is 0 Å². The van der Waals surface area contributed by atoms with Crippen LogP contribution in [0.25, 0.3) is 0 Å². The molecule has 0 aromatic heterocycles. The van der Waals surface area contributed by atoms with E-state index in [4.69, 9.17) is 15.2 Å². The quantitative estimate of drug-likeness (QED) is 0.828. The van der Waals surface area contributed by atoms with E-state index in [2.05, 4.69) is 21.2 Å². The van der Waals surface area contributed by atoms with Gasteiger partial charge in [0, 0.05) is 16.2 Å². The molecule has 0 saturated carbocycles. The van der Waals surface area contributed by atoms with Crippen molar-refractivity contribution in [2.45, 2.75) is 0 Å². The summed E-state index contributed by atoms with van der Waals surface area (Å²) in [5, 5.41) is 2.78. The number of para-hydroxylation sites is 1. The molecule has 1 heterocycles. The molecule has 0 aliphatic carbocycles. The van der Waals surface area contributed by atoms with Gasteiger partial charge in [0.05, 0.1) is 11.3 Å². The number of rotatable bonds is 2. The zero-order valence-corrected chi connectivity index (χ0v) is 11.9. The van der Waals surface area contributed by atoms with Gasteiger partial charge in [0.25, 0.3) is 5.91 Å². The van der Waals surface area contributed by atoms with Gasteiger partial charge < -0.3 is 20.5 Å². The Labute approximate surface area is 123 Å². The van der Waals surface area contributed by atoms with Crippen LogP contribution in [0.4, 0.5) is 11.4 Å². The van der Waals surface area contributed by atoms with Crippen LogP contribution in [-0.2, 0) is 0 Å². The fraction of sp³-hybridized carbons (Fsp3) is 0.0714. The number of amides is 1. The van der Waals surface area contributed by atoms with Gasteiger partial charge >= 0.3 is 0 Å². The summed E-state index contributed by atoms with van der Waals surface area (Å²) in [4.78, 5) is 12.2. The van der Waals surface area contributed by atoms with Crippen LogP contribution in [0.1, 0.15) is 10.4 Å². The maximum absolute atomic E-state index is 12.2. The highest BCUT2D eigenvalue weighted by molar-refractivity contribution is 9.10. The van der Waals surface area contributed by atoms with E-state index in [1.165, 1.54) is 0 Å². The molecule has 2 aromatic carbocycles. The first-order valence-corrected chi connectivity index (χ1v) is 6.69. The number of fused-ring (bicyclic) bond motifs is 1. The van der Waals surface area contributed by atoms with Gasteiger partial charge in [0.1, 0.15) is 0 Å². The second-order valence-corrected chi connectivity index (χ2v) is 5.08. The van der Waals surface area contributed by atoms with Crippen LogP contribution in [0.5, 0.6) is 11.5 Å². The lowest BCUT2D eigenvalue weighted by molar-refractivity contribution is 0.102. The fourth-order valence-electron chi connectivity index (χ4n) is 1.91. The predicted octanol–water partition coefficient (Wildman–Crippen LogP) is 3.01. The average Bonchev–Trinajstić information content (AvgIpc) is 2.89. The molecule has 1 aliphatic rings. The highest BCUT2D eigenvalue weighted by atomic mass is 79.9. The molecule has 20 heavy (non-hydrogen) atoms. The first-order valence-electron chi connectivity index (χ1n) is 5.90. The van der Waals surface area contributed by atoms with Crippen LogP contribution in [0.15, 0.2) is 40.9 Å². The Morgan fingerprint density at radius 3 is 2.85 bits per heavy atom. The number of ether oxygens (including phenoxy) is 2. The minimum absolute atomic E-state index is 0.200. The highest BCUT2D eigenvalue weighted by Crippen LogP contribution is 2.34. The molecule has 5 nitrogen and oxygen atoms in total. The third-order valence-electron chi connectivity index (χ3n) is 2.93. The van der Waals surface area contributed by atoms with E-state index in [0.717, 1.165) is 0 Å². The number of anilines is 2. The summed E-state index contributed by atoms with van der Waals surface area (Å²) in [7, 11) is 0. The monoisotopic (exact) mass is 334 g/mol. The molecule has 0 unspecified atom stereocenters. The standard InChI is InChI=1S/C14H11BrN2O3/c15-10-3-1-2-9(13(10)16)14(18)17-8-4-5-11-12(6-8)20-7-19-11/h1-6H,7,16H2,(H,17,18). The van der Waals surface area contributed by atoms with E-state index >= 15 is 0 Å². The molecule has 1 amide bonds. The molecule has 0 spiro atoms. The number of benzene rings is 2. The Kier molecular flexibility index (Phi) is 3.23. The number of carbonyl (C=O) groups excluding carboxylic acids is 1. The van der Waals surface area contributed by atoms with Crippen molar-refractivity contribution in [1.82, 2.24) is 0 Å². The van der Waals surface area contributed by atoms with E-state index in [9.17, 15) is 4.79 Å². The summed E-state index contributed by atoms with van der Waals surface area (Å²) in [6, 6.07) is 10.4. The third-order valence-corrected chi connectivity index (χ3v) is 3.62. The molecule has 102 valence electrons. The van der Waals surface area contributed by atoms with Crippen molar-refractivity contribution >= 4 is 33.2 Å². The van der Waals surface area contributed by atoms with Gasteiger partial charge in [-0.1, -0.05) is 6.07 Å². The van der Waals surface area contributed by atoms with E-state index in [-0.39, 0.29) is 12.7 Å². The van der Waals surface area contributed by atoms with Gasteiger partial charge in [-0.3, -0.25) is 4.79 Å². The molecule has 0 fully saturated rings. The van der Waals surface area contributed by atoms with E-state index in [1.807, 2.05) is 0 Å². The Morgan fingerprint density at radius 2 is 2.00 bits per heavy atom. The second-order valence-electron chi connectivity index (χ2n) is 4.22. The summed E-state index contributed by atoms with van der Waals surface area (Å²) >= 11 is 3.30. The zero-order chi connectivity index (χ0) is 14.1. The minimum atomic E-state index is -0.275. The Hall–Kier alpha value is -2.21. The Bertz CT molecular complexity index is 688. The fourth-order valence-corrected chi connectivity index (χ4v) is 2.27. The number of hydrogen-bond donors (Lipinski definition) is 2. The van der Waals surface area contributed by atoms with Gasteiger partial charge in [0.15, 0.2) is 11.5 Å². The molecular formula is C14H11BrN2O3. The molecule has 3 N–H and O–H groups in total. The summed E-state index contributed by atoms with van der Waals surface area (Å²) in [5.41, 5.74) is 7.32. The van der Waals surface area contributed by atoms with Crippen LogP contribution in [0, 0.1) is 0 Å². The van der Waals surface area contributed by atoms with Gasteiger partial charge in [-0.15, -0.1) is 0 Å². The number of nitrogens with two attached hydrogens (primary N) is 1. The number of nitrogen functional groups attached to an aromatic ring is 1. The lowest BCUT2D eigenvalue weighted by Gasteiger charge is -2.09. The van der Waals surface area contributed by atoms with Crippen molar-refractivity contribution in [3.05, 3.63) is 46.4 Å². The summed E-state index contributed by atoms with van der Waals surface area (Å²) in [6.45, 7) is 0.200. The van der Waals surface area contributed by atoms with Crippen molar-refractivity contribution in [2.75, 3.05) is 17.8 Å². The molecular weight excluding hydrogens is 324 g/mol. The molecule has 3 rings (SSSR count). The van der Waals surface area contributed by atoms with Crippen molar-refractivity contribution in [1.29, 1.82) is 0 Å². The zero-order valence-electron chi connectivity index (χ0n) is 10.4. The first kappa shape index (κ1) is 12.8. The smallest absolute Gasteiger partial charge is 0.257 e. The summed E-state index contributed by atoms with van der Waals surface area (Å²) in [6.07, 6.45) is 0. The van der Waals surface area contributed by atoms with Crippen LogP contribution in [0.2, 0.25) is 0 Å². The molecule has 2 aromatic rings. The topological polar surface area (TPSA) is 73.6 Å². The lowest BCUT2D eigenvalue weighted by Crippen LogP contribution is -2.14. The first-order chi connectivity index (χ1) is 9.65. The molecule has 0 saturated heterocycles. The van der Waals surface area contributed by atoms with Gasteiger partial charge in [-0.25, -0.2) is 0 Å². The number of hydrogen-bond acceptors (Lipinski definition) is 4. The average molecular weight is 335 g/mol. The van der Waals surface area contributed by atoms with Gasteiger partial charge in [0.2, 0.25) is 6.79 Å². The Balaban J connectivity index is 1.84. The van der Waals surface area contributed by atoms with E-state index in [0.29, 0.717) is 32.9 Å². The number of halogens is 1. The molecule has 1 aliphatic heterocycles. The molecule has 6 heteroatoms. The minimum Gasteiger partial charge on any atom is -0.454 e. The van der Waals surface area contributed by atoms with Gasteiger partial charge in [-0.05, 0) is 40.2 Å². The normalized spacial score (nSPS) is 12.2. The second kappa shape index (κ2) is 5.05. The lowest BCUT2D eigenvalue weighted by atomic mass is 10.1. The van der Waals surface area contributed by atoms with E-state index < -0.39 is 0 Å². The number of nitrogens with one attached hydrogen (secondary N) is 1. The van der Waals surface area contributed by atoms with Crippen molar-refractivity contribution in [3.63, 3.8) is 0 Å². The van der Waals surface area contributed by atoms with Crippen LogP contribution in [-0.4, -0.2) is 12.7 Å². The van der Waals surface area contributed by atoms with Crippen molar-refractivity contribution in [3.8, 4) is 11.5 Å². The highest BCUT2D eigenvalue weighted by Gasteiger charge is 2.16. The van der Waals surface area contributed by atoms with Crippen molar-refractivity contribution in [2.24, 2.45) is 0 Å². The van der Waals surface area contributed by atoms with Crippen LogP contribution in [0.3, 0.4) is 0 Å². The van der Waals surface area contributed by atoms with E-state index in [1.54, 1.807) is 36.4 Å². The predicted molar refractivity (Wildman–Crippen MR) is 79.1 cm³/mol. The Morgan fingerprint density at radius 1 is 1.20 bits per heavy atom. The summed E-state index contributed by atoms with van der Waals surface area (Å²) < 4.78 is 11.2. The van der Waals surface area contributed by atoms with Crippen molar-refractivity contribution < 1.29 is 14.3 Å². The molecule has 0 bridgehead atoms. The maximum Gasteiger partial charge on any atom is 0.257 e. The largest absolute Gasteiger partial charge is 0.454 e. The molecule has 0 atom stereocenters.